The predicted octanol–water partition coefficient (Wildman–Crippen LogP) is 3.28. The van der Waals surface area contributed by atoms with Gasteiger partial charge in [-0.2, -0.15) is 0 Å². The van der Waals surface area contributed by atoms with Gasteiger partial charge < -0.3 is 10.2 Å². The van der Waals surface area contributed by atoms with E-state index >= 15 is 0 Å². The van der Waals surface area contributed by atoms with Crippen LogP contribution in [0.1, 0.15) is 18.2 Å². The van der Waals surface area contributed by atoms with Crippen LogP contribution in [0.4, 0.5) is 0 Å². The van der Waals surface area contributed by atoms with Crippen molar-refractivity contribution in [1.82, 2.24) is 0 Å². The molecule has 3 heteroatoms. The Morgan fingerprint density at radius 3 is 2.87 bits per heavy atom. The fourth-order valence-electron chi connectivity index (χ4n) is 1.82. The van der Waals surface area contributed by atoms with Gasteiger partial charge in [-0.25, -0.2) is 0 Å². The van der Waals surface area contributed by atoms with E-state index < -0.39 is 0 Å². The van der Waals surface area contributed by atoms with Crippen molar-refractivity contribution in [2.75, 3.05) is 0 Å². The van der Waals surface area contributed by atoms with E-state index in [1.54, 1.807) is 0 Å². The lowest BCUT2D eigenvalue weighted by Gasteiger charge is -2.03. The summed E-state index contributed by atoms with van der Waals surface area (Å²) in [5, 5.41) is 1.81. The van der Waals surface area contributed by atoms with Gasteiger partial charge in [0, 0.05) is 22.0 Å². The summed E-state index contributed by atoms with van der Waals surface area (Å²) >= 11 is 5.96. The third kappa shape index (κ3) is 2.01. The van der Waals surface area contributed by atoms with E-state index in [-0.39, 0.29) is 6.04 Å². The van der Waals surface area contributed by atoms with E-state index in [4.69, 9.17) is 21.8 Å². The quantitative estimate of drug-likeness (QED) is 0.849. The first-order valence-corrected chi connectivity index (χ1v) is 5.39. The maximum absolute atomic E-state index is 5.96. The lowest BCUT2D eigenvalue weighted by atomic mass is 10.0. The Balaban J connectivity index is 2.60. The Morgan fingerprint density at radius 2 is 2.20 bits per heavy atom. The monoisotopic (exact) mass is 223 g/mol. The molecule has 0 aliphatic rings. The molecule has 80 valence electrons. The maximum Gasteiger partial charge on any atom is 0.134 e. The molecule has 2 aromatic rings. The van der Waals surface area contributed by atoms with Crippen LogP contribution in [0.2, 0.25) is 5.02 Å². The van der Waals surface area contributed by atoms with Gasteiger partial charge in [0.1, 0.15) is 11.3 Å². The van der Waals surface area contributed by atoms with Crippen molar-refractivity contribution in [2.45, 2.75) is 26.3 Å². The number of fused-ring (bicyclic) bond motifs is 1. The van der Waals surface area contributed by atoms with Crippen molar-refractivity contribution in [3.8, 4) is 0 Å². The van der Waals surface area contributed by atoms with Gasteiger partial charge in [0.15, 0.2) is 0 Å². The summed E-state index contributed by atoms with van der Waals surface area (Å²) in [7, 11) is 0. The molecule has 2 N–H and O–H groups in total. The molecule has 1 atom stereocenters. The highest BCUT2D eigenvalue weighted by Crippen LogP contribution is 2.28. The summed E-state index contributed by atoms with van der Waals surface area (Å²) < 4.78 is 5.64. The predicted molar refractivity (Wildman–Crippen MR) is 63.3 cm³/mol. The van der Waals surface area contributed by atoms with Crippen LogP contribution in [-0.2, 0) is 6.42 Å². The molecular formula is C12H14ClNO. The lowest BCUT2D eigenvalue weighted by Crippen LogP contribution is -2.17. The number of aryl methyl sites for hydroxylation is 1. The second-order valence-electron chi connectivity index (χ2n) is 3.96. The molecule has 0 bridgehead atoms. The highest BCUT2D eigenvalue weighted by Gasteiger charge is 2.12. The first kappa shape index (κ1) is 10.5. The number of hydrogen-bond donors (Lipinski definition) is 1. The first-order chi connectivity index (χ1) is 7.08. The van der Waals surface area contributed by atoms with Gasteiger partial charge in [0.05, 0.1) is 0 Å². The molecule has 0 saturated carbocycles. The van der Waals surface area contributed by atoms with E-state index in [0.29, 0.717) is 0 Å². The van der Waals surface area contributed by atoms with Crippen LogP contribution >= 0.6 is 11.6 Å². The van der Waals surface area contributed by atoms with Gasteiger partial charge in [-0.15, -0.1) is 0 Å². The average Bonchev–Trinajstić information content (AvgIpc) is 2.43. The van der Waals surface area contributed by atoms with Crippen LogP contribution in [0.3, 0.4) is 0 Å². The van der Waals surface area contributed by atoms with Gasteiger partial charge in [0.25, 0.3) is 0 Å². The fraction of sp³-hybridized carbons (Fsp3) is 0.333. The molecule has 0 saturated heterocycles. The number of halogens is 1. The third-order valence-corrected chi connectivity index (χ3v) is 2.72. The van der Waals surface area contributed by atoms with E-state index in [2.05, 4.69) is 0 Å². The molecule has 15 heavy (non-hydrogen) atoms. The van der Waals surface area contributed by atoms with E-state index in [1.165, 1.54) is 5.56 Å². The minimum atomic E-state index is 0.128. The number of rotatable bonds is 2. The highest BCUT2D eigenvalue weighted by molar-refractivity contribution is 6.31. The van der Waals surface area contributed by atoms with Crippen molar-refractivity contribution in [2.24, 2.45) is 5.73 Å². The highest BCUT2D eigenvalue weighted by atomic mass is 35.5. The topological polar surface area (TPSA) is 39.2 Å². The number of nitrogens with two attached hydrogens (primary N) is 1. The Labute approximate surface area is 94.0 Å². The molecule has 1 unspecified atom stereocenters. The van der Waals surface area contributed by atoms with Crippen LogP contribution in [-0.4, -0.2) is 6.04 Å². The lowest BCUT2D eigenvalue weighted by molar-refractivity contribution is 0.567. The zero-order valence-corrected chi connectivity index (χ0v) is 9.64. The van der Waals surface area contributed by atoms with Gasteiger partial charge in [-0.3, -0.25) is 0 Å². The van der Waals surface area contributed by atoms with Crippen LogP contribution < -0.4 is 5.73 Å². The van der Waals surface area contributed by atoms with Gasteiger partial charge >= 0.3 is 0 Å². The van der Waals surface area contributed by atoms with Crippen molar-refractivity contribution in [3.63, 3.8) is 0 Å². The minimum Gasteiger partial charge on any atom is -0.461 e. The standard InChI is InChI=1S/C12H14ClNO/c1-7(14)5-10-8(2)15-12-4-3-9(13)6-11(10)12/h3-4,6-7H,5,14H2,1-2H3. The molecule has 1 heterocycles. The molecule has 0 amide bonds. The molecule has 0 aliphatic carbocycles. The second-order valence-corrected chi connectivity index (χ2v) is 4.40. The molecule has 0 spiro atoms. The largest absolute Gasteiger partial charge is 0.461 e. The Morgan fingerprint density at radius 1 is 1.47 bits per heavy atom. The summed E-state index contributed by atoms with van der Waals surface area (Å²) in [6.07, 6.45) is 0.819. The van der Waals surface area contributed by atoms with Gasteiger partial charge in [0.2, 0.25) is 0 Å². The fourth-order valence-corrected chi connectivity index (χ4v) is 1.99. The SMILES string of the molecule is Cc1oc2ccc(Cl)cc2c1CC(C)N. The average molecular weight is 224 g/mol. The number of furan rings is 1. The third-order valence-electron chi connectivity index (χ3n) is 2.48. The summed E-state index contributed by atoms with van der Waals surface area (Å²) in [6, 6.07) is 5.80. The Hall–Kier alpha value is -0.990. The summed E-state index contributed by atoms with van der Waals surface area (Å²) in [6.45, 7) is 3.95. The zero-order valence-electron chi connectivity index (χ0n) is 8.88. The van der Waals surface area contributed by atoms with Gasteiger partial charge in [-0.05, 0) is 38.5 Å². The second kappa shape index (κ2) is 3.87. The molecule has 2 nitrogen and oxygen atoms in total. The van der Waals surface area contributed by atoms with Crippen molar-refractivity contribution in [1.29, 1.82) is 0 Å². The Kier molecular flexibility index (Phi) is 2.72. The molecule has 0 fully saturated rings. The minimum absolute atomic E-state index is 0.128. The van der Waals surface area contributed by atoms with Crippen molar-refractivity contribution in [3.05, 3.63) is 34.5 Å². The number of benzene rings is 1. The summed E-state index contributed by atoms with van der Waals surface area (Å²) in [5.41, 5.74) is 7.86. The molecule has 0 aliphatic heterocycles. The molecule has 1 aromatic heterocycles. The van der Waals surface area contributed by atoms with E-state index in [0.717, 1.165) is 28.2 Å². The molecular weight excluding hydrogens is 210 g/mol. The maximum atomic E-state index is 5.96. The summed E-state index contributed by atoms with van der Waals surface area (Å²) in [4.78, 5) is 0. The first-order valence-electron chi connectivity index (χ1n) is 5.01. The molecule has 1 aromatic carbocycles. The number of hydrogen-bond acceptors (Lipinski definition) is 2. The van der Waals surface area contributed by atoms with Crippen LogP contribution in [0, 0.1) is 6.92 Å². The Bertz CT molecular complexity index is 488. The zero-order chi connectivity index (χ0) is 11.0. The summed E-state index contributed by atoms with van der Waals surface area (Å²) in [5.74, 6) is 0.935. The normalized spacial score (nSPS) is 13.3. The van der Waals surface area contributed by atoms with Crippen LogP contribution in [0.5, 0.6) is 0 Å². The van der Waals surface area contributed by atoms with Gasteiger partial charge in [-0.1, -0.05) is 11.6 Å². The van der Waals surface area contributed by atoms with E-state index in [9.17, 15) is 0 Å². The molecule has 2 rings (SSSR count). The van der Waals surface area contributed by atoms with Crippen molar-refractivity contribution < 1.29 is 4.42 Å². The van der Waals surface area contributed by atoms with Crippen LogP contribution in [0.15, 0.2) is 22.6 Å². The van der Waals surface area contributed by atoms with E-state index in [1.807, 2.05) is 32.0 Å². The smallest absolute Gasteiger partial charge is 0.134 e. The van der Waals surface area contributed by atoms with Crippen molar-refractivity contribution >= 4 is 22.6 Å². The van der Waals surface area contributed by atoms with Crippen LogP contribution in [0.25, 0.3) is 11.0 Å². The molecule has 0 radical (unpaired) electrons.